The van der Waals surface area contributed by atoms with Gasteiger partial charge in [0.15, 0.2) is 0 Å². The second kappa shape index (κ2) is 7.77. The second-order valence-electron chi connectivity index (χ2n) is 5.81. The SMILES string of the molecule is CCN(CCC(=O)O)C(=O)c1cccc(Cn2nc(C)cc2C)c1. The molecule has 0 saturated carbocycles. The first kappa shape index (κ1) is 17.7. The maximum absolute atomic E-state index is 12.6. The predicted octanol–water partition coefficient (Wildman–Crippen LogP) is 2.49. The van der Waals surface area contributed by atoms with Crippen molar-refractivity contribution in [3.63, 3.8) is 0 Å². The molecule has 0 bridgehead atoms. The van der Waals surface area contributed by atoms with E-state index in [-0.39, 0.29) is 18.9 Å². The Hall–Kier alpha value is -2.63. The van der Waals surface area contributed by atoms with Crippen LogP contribution in [0.15, 0.2) is 30.3 Å². The topological polar surface area (TPSA) is 75.4 Å². The van der Waals surface area contributed by atoms with Gasteiger partial charge in [-0.2, -0.15) is 5.10 Å². The van der Waals surface area contributed by atoms with E-state index in [9.17, 15) is 9.59 Å². The Labute approximate surface area is 141 Å². The highest BCUT2D eigenvalue weighted by Gasteiger charge is 2.15. The third-order valence-corrected chi connectivity index (χ3v) is 3.87. The molecule has 2 aromatic rings. The Kier molecular flexibility index (Phi) is 5.73. The number of amides is 1. The zero-order valence-corrected chi connectivity index (χ0v) is 14.3. The van der Waals surface area contributed by atoms with Gasteiger partial charge in [0.2, 0.25) is 0 Å². The van der Waals surface area contributed by atoms with Crippen LogP contribution < -0.4 is 0 Å². The highest BCUT2D eigenvalue weighted by Crippen LogP contribution is 2.12. The summed E-state index contributed by atoms with van der Waals surface area (Å²) in [5, 5.41) is 13.2. The molecule has 0 aliphatic carbocycles. The minimum absolute atomic E-state index is 0.0506. The molecule has 0 radical (unpaired) electrons. The molecule has 1 amide bonds. The van der Waals surface area contributed by atoms with E-state index in [2.05, 4.69) is 5.10 Å². The minimum Gasteiger partial charge on any atom is -0.481 e. The molecule has 0 unspecified atom stereocenters. The first-order valence-electron chi connectivity index (χ1n) is 8.01. The van der Waals surface area contributed by atoms with Gasteiger partial charge in [0.1, 0.15) is 0 Å². The summed E-state index contributed by atoms with van der Waals surface area (Å²) in [6.07, 6.45) is -0.0506. The van der Waals surface area contributed by atoms with Gasteiger partial charge in [0.25, 0.3) is 5.91 Å². The summed E-state index contributed by atoms with van der Waals surface area (Å²) < 4.78 is 1.90. The average molecular weight is 329 g/mol. The molecule has 128 valence electrons. The lowest BCUT2D eigenvalue weighted by molar-refractivity contribution is -0.137. The summed E-state index contributed by atoms with van der Waals surface area (Å²) in [6, 6.07) is 9.43. The number of hydrogen-bond donors (Lipinski definition) is 1. The summed E-state index contributed by atoms with van der Waals surface area (Å²) in [6.45, 7) is 7.09. The number of nitrogens with zero attached hydrogens (tertiary/aromatic N) is 3. The van der Waals surface area contributed by atoms with Gasteiger partial charge in [0, 0.05) is 24.3 Å². The Morgan fingerprint density at radius 2 is 2.00 bits per heavy atom. The van der Waals surface area contributed by atoms with Gasteiger partial charge in [-0.15, -0.1) is 0 Å². The van der Waals surface area contributed by atoms with E-state index < -0.39 is 5.97 Å². The van der Waals surface area contributed by atoms with Crippen molar-refractivity contribution in [2.45, 2.75) is 33.7 Å². The Morgan fingerprint density at radius 3 is 2.58 bits per heavy atom. The van der Waals surface area contributed by atoms with Crippen LogP contribution in [0.1, 0.15) is 40.7 Å². The molecule has 1 aromatic heterocycles. The van der Waals surface area contributed by atoms with Crippen molar-refractivity contribution in [3.05, 3.63) is 52.8 Å². The monoisotopic (exact) mass is 329 g/mol. The van der Waals surface area contributed by atoms with Crippen LogP contribution in [-0.2, 0) is 11.3 Å². The summed E-state index contributed by atoms with van der Waals surface area (Å²) in [7, 11) is 0. The first-order valence-corrected chi connectivity index (χ1v) is 8.01. The Morgan fingerprint density at radius 1 is 1.25 bits per heavy atom. The number of carboxylic acids is 1. The van der Waals surface area contributed by atoms with Crippen LogP contribution in [0.5, 0.6) is 0 Å². The fraction of sp³-hybridized carbons (Fsp3) is 0.389. The van der Waals surface area contributed by atoms with Crippen molar-refractivity contribution in [1.82, 2.24) is 14.7 Å². The van der Waals surface area contributed by atoms with Crippen molar-refractivity contribution >= 4 is 11.9 Å². The molecule has 0 fully saturated rings. The number of carboxylic acid groups (broad SMARTS) is 1. The molecule has 0 spiro atoms. The molecule has 2 rings (SSSR count). The van der Waals surface area contributed by atoms with E-state index >= 15 is 0 Å². The molecule has 6 heteroatoms. The van der Waals surface area contributed by atoms with Crippen molar-refractivity contribution in [2.75, 3.05) is 13.1 Å². The molecular weight excluding hydrogens is 306 g/mol. The van der Waals surface area contributed by atoms with Gasteiger partial charge in [-0.3, -0.25) is 14.3 Å². The van der Waals surface area contributed by atoms with Crippen LogP contribution in [-0.4, -0.2) is 44.8 Å². The van der Waals surface area contributed by atoms with Gasteiger partial charge in [-0.05, 0) is 44.5 Å². The van der Waals surface area contributed by atoms with Crippen LogP contribution in [0.25, 0.3) is 0 Å². The van der Waals surface area contributed by atoms with Gasteiger partial charge in [-0.1, -0.05) is 12.1 Å². The largest absolute Gasteiger partial charge is 0.481 e. The van der Waals surface area contributed by atoms with Crippen LogP contribution in [0, 0.1) is 13.8 Å². The van der Waals surface area contributed by atoms with Crippen LogP contribution in [0.3, 0.4) is 0 Å². The number of benzene rings is 1. The van der Waals surface area contributed by atoms with E-state index in [0.717, 1.165) is 17.0 Å². The number of carbonyl (C=O) groups is 2. The quantitative estimate of drug-likeness (QED) is 0.847. The van der Waals surface area contributed by atoms with Gasteiger partial charge in [-0.25, -0.2) is 0 Å². The van der Waals surface area contributed by atoms with E-state index in [1.165, 1.54) is 0 Å². The van der Waals surface area contributed by atoms with Crippen molar-refractivity contribution in [2.24, 2.45) is 0 Å². The zero-order chi connectivity index (χ0) is 17.7. The predicted molar refractivity (Wildman–Crippen MR) is 91.1 cm³/mol. The maximum atomic E-state index is 12.6. The summed E-state index contributed by atoms with van der Waals surface area (Å²) in [5.74, 6) is -1.05. The Balaban J connectivity index is 2.15. The highest BCUT2D eigenvalue weighted by atomic mass is 16.4. The van der Waals surface area contributed by atoms with Crippen molar-refractivity contribution in [1.29, 1.82) is 0 Å². The molecule has 0 saturated heterocycles. The lowest BCUT2D eigenvalue weighted by Crippen LogP contribution is -2.32. The molecule has 1 heterocycles. The molecule has 24 heavy (non-hydrogen) atoms. The fourth-order valence-electron chi connectivity index (χ4n) is 2.63. The molecule has 6 nitrogen and oxygen atoms in total. The lowest BCUT2D eigenvalue weighted by atomic mass is 10.1. The maximum Gasteiger partial charge on any atom is 0.305 e. The zero-order valence-electron chi connectivity index (χ0n) is 14.3. The highest BCUT2D eigenvalue weighted by molar-refractivity contribution is 5.94. The third-order valence-electron chi connectivity index (χ3n) is 3.87. The fourth-order valence-corrected chi connectivity index (χ4v) is 2.63. The average Bonchev–Trinajstić information content (AvgIpc) is 2.85. The third kappa shape index (κ3) is 4.44. The normalized spacial score (nSPS) is 10.6. The van der Waals surface area contributed by atoms with E-state index in [4.69, 9.17) is 5.11 Å². The van der Waals surface area contributed by atoms with E-state index in [0.29, 0.717) is 18.7 Å². The number of rotatable bonds is 7. The Bertz CT molecular complexity index is 737. The second-order valence-corrected chi connectivity index (χ2v) is 5.81. The number of carbonyl (C=O) groups excluding carboxylic acids is 1. The van der Waals surface area contributed by atoms with Crippen LogP contribution in [0.2, 0.25) is 0 Å². The molecular formula is C18H23N3O3. The number of aryl methyl sites for hydroxylation is 2. The molecule has 0 atom stereocenters. The van der Waals surface area contributed by atoms with Gasteiger partial charge < -0.3 is 10.0 Å². The van der Waals surface area contributed by atoms with Gasteiger partial charge >= 0.3 is 5.97 Å². The standard InChI is InChI=1S/C18H23N3O3/c1-4-20(9-8-17(22)23)18(24)16-7-5-6-15(11-16)12-21-14(3)10-13(2)19-21/h5-7,10-11H,4,8-9,12H2,1-3H3,(H,22,23). The van der Waals surface area contributed by atoms with Crippen molar-refractivity contribution < 1.29 is 14.7 Å². The number of hydrogen-bond acceptors (Lipinski definition) is 3. The van der Waals surface area contributed by atoms with Crippen molar-refractivity contribution in [3.8, 4) is 0 Å². The summed E-state index contributed by atoms with van der Waals surface area (Å²) in [5.41, 5.74) is 3.59. The number of aromatic nitrogens is 2. The molecule has 1 aromatic carbocycles. The smallest absolute Gasteiger partial charge is 0.305 e. The summed E-state index contributed by atoms with van der Waals surface area (Å²) >= 11 is 0. The number of aliphatic carboxylic acids is 1. The molecule has 0 aliphatic rings. The van der Waals surface area contributed by atoms with Crippen LogP contribution in [0.4, 0.5) is 0 Å². The lowest BCUT2D eigenvalue weighted by Gasteiger charge is -2.20. The van der Waals surface area contributed by atoms with E-state index in [1.807, 2.05) is 49.7 Å². The molecule has 1 N–H and O–H groups in total. The minimum atomic E-state index is -0.903. The first-order chi connectivity index (χ1) is 11.4. The molecule has 0 aliphatic heterocycles. The summed E-state index contributed by atoms with van der Waals surface area (Å²) in [4.78, 5) is 24.8. The van der Waals surface area contributed by atoms with E-state index in [1.54, 1.807) is 11.0 Å². The van der Waals surface area contributed by atoms with Crippen LogP contribution >= 0.6 is 0 Å². The van der Waals surface area contributed by atoms with Gasteiger partial charge in [0.05, 0.1) is 18.7 Å².